The van der Waals surface area contributed by atoms with Gasteiger partial charge in [-0.25, -0.2) is 4.79 Å². The van der Waals surface area contributed by atoms with Gasteiger partial charge in [0.1, 0.15) is 0 Å². The molecule has 1 heterocycles. The van der Waals surface area contributed by atoms with Crippen LogP contribution in [-0.2, 0) is 4.74 Å². The van der Waals surface area contributed by atoms with E-state index in [1.165, 1.54) is 20.0 Å². The Morgan fingerprint density at radius 1 is 1.50 bits per heavy atom. The van der Waals surface area contributed by atoms with Crippen molar-refractivity contribution in [3.63, 3.8) is 0 Å². The Morgan fingerprint density at radius 3 is 2.89 bits per heavy atom. The number of amides is 1. The summed E-state index contributed by atoms with van der Waals surface area (Å²) in [5.41, 5.74) is 0. The molecule has 0 saturated carbocycles. The van der Waals surface area contributed by atoms with Gasteiger partial charge in [-0.2, -0.15) is 0 Å². The maximum absolute atomic E-state index is 11.3. The predicted molar refractivity (Wildman–Crippen MR) is 70.5 cm³/mol. The summed E-state index contributed by atoms with van der Waals surface area (Å²) < 4.78 is 4.65. The van der Waals surface area contributed by atoms with Gasteiger partial charge in [-0.3, -0.25) is 0 Å². The number of rotatable bonds is 6. The van der Waals surface area contributed by atoms with Crippen molar-refractivity contribution in [1.82, 2.24) is 10.2 Å². The molecule has 2 N–H and O–H groups in total. The lowest BCUT2D eigenvalue weighted by Crippen LogP contribution is -2.51. The number of alkyl carbamates (subject to hydrolysis) is 1. The first-order chi connectivity index (χ1) is 8.69. The van der Waals surface area contributed by atoms with Gasteiger partial charge in [0.2, 0.25) is 0 Å². The van der Waals surface area contributed by atoms with Gasteiger partial charge in [-0.05, 0) is 31.7 Å². The van der Waals surface area contributed by atoms with Crippen LogP contribution in [-0.4, -0.2) is 55.5 Å². The number of ether oxygens (including phenoxy) is 1. The van der Waals surface area contributed by atoms with E-state index in [-0.39, 0.29) is 18.7 Å². The highest BCUT2D eigenvalue weighted by Gasteiger charge is 2.27. The van der Waals surface area contributed by atoms with Crippen LogP contribution in [0.2, 0.25) is 0 Å². The van der Waals surface area contributed by atoms with E-state index in [0.717, 1.165) is 32.5 Å². The minimum atomic E-state index is -0.361. The van der Waals surface area contributed by atoms with Gasteiger partial charge in [0.25, 0.3) is 0 Å². The highest BCUT2D eigenvalue weighted by Crippen LogP contribution is 2.20. The van der Waals surface area contributed by atoms with E-state index in [1.807, 2.05) is 0 Å². The third-order valence-corrected chi connectivity index (χ3v) is 3.49. The van der Waals surface area contributed by atoms with Gasteiger partial charge < -0.3 is 20.1 Å². The minimum absolute atomic E-state index is 0.139. The Kier molecular flexibility index (Phi) is 7.05. The Hall–Kier alpha value is -0.810. The van der Waals surface area contributed by atoms with Gasteiger partial charge in [0.05, 0.1) is 7.11 Å². The number of nitrogens with one attached hydrogen (secondary N) is 1. The molecule has 106 valence electrons. The highest BCUT2D eigenvalue weighted by atomic mass is 16.5. The minimum Gasteiger partial charge on any atom is -0.453 e. The lowest BCUT2D eigenvalue weighted by Gasteiger charge is -2.37. The molecule has 18 heavy (non-hydrogen) atoms. The number of carbonyl (C=O) groups is 1. The number of aliphatic hydroxyl groups is 1. The molecule has 1 saturated heterocycles. The van der Waals surface area contributed by atoms with Crippen molar-refractivity contribution in [1.29, 1.82) is 0 Å². The number of unbranched alkanes of at least 4 members (excludes halogenated alkanes) is 1. The molecule has 5 heteroatoms. The van der Waals surface area contributed by atoms with Gasteiger partial charge in [0, 0.05) is 25.7 Å². The lowest BCUT2D eigenvalue weighted by molar-refractivity contribution is 0.111. The Morgan fingerprint density at radius 2 is 2.28 bits per heavy atom. The third kappa shape index (κ3) is 5.23. The van der Waals surface area contributed by atoms with Crippen LogP contribution in [0.3, 0.4) is 0 Å². The molecule has 1 aliphatic rings. The van der Waals surface area contributed by atoms with Gasteiger partial charge in [-0.1, -0.05) is 13.3 Å². The molecule has 1 fully saturated rings. The molecule has 5 nitrogen and oxygen atoms in total. The van der Waals surface area contributed by atoms with Crippen LogP contribution in [0.1, 0.15) is 32.6 Å². The van der Waals surface area contributed by atoms with E-state index in [9.17, 15) is 4.79 Å². The SMILES string of the molecule is CCCCN1CC(CCO)CC(NC(=O)OC)C1. The third-order valence-electron chi connectivity index (χ3n) is 3.49. The van der Waals surface area contributed by atoms with E-state index in [4.69, 9.17) is 5.11 Å². The number of hydrogen-bond donors (Lipinski definition) is 2. The molecular weight excluding hydrogens is 232 g/mol. The van der Waals surface area contributed by atoms with Crippen LogP contribution in [0.5, 0.6) is 0 Å². The van der Waals surface area contributed by atoms with E-state index in [1.54, 1.807) is 0 Å². The molecule has 0 aromatic carbocycles. The standard InChI is InChI=1S/C13H26N2O3/c1-3-4-6-15-9-11(5-7-16)8-12(10-15)14-13(17)18-2/h11-12,16H,3-10H2,1-2H3,(H,14,17). The molecule has 0 aromatic heterocycles. The molecule has 1 aliphatic heterocycles. The van der Waals surface area contributed by atoms with Crippen LogP contribution in [0.4, 0.5) is 4.79 Å². The normalized spacial score (nSPS) is 24.8. The second-order valence-electron chi connectivity index (χ2n) is 5.06. The summed E-state index contributed by atoms with van der Waals surface area (Å²) in [7, 11) is 1.39. The van der Waals surface area contributed by atoms with Crippen LogP contribution >= 0.6 is 0 Å². The van der Waals surface area contributed by atoms with Crippen LogP contribution < -0.4 is 5.32 Å². The quantitative estimate of drug-likeness (QED) is 0.752. The number of carbonyl (C=O) groups excluding carboxylic acids is 1. The zero-order valence-corrected chi connectivity index (χ0v) is 11.5. The van der Waals surface area contributed by atoms with E-state index >= 15 is 0 Å². The number of nitrogens with zero attached hydrogens (tertiary/aromatic N) is 1. The van der Waals surface area contributed by atoms with Crippen molar-refractivity contribution < 1.29 is 14.6 Å². The molecule has 0 bridgehead atoms. The van der Waals surface area contributed by atoms with Crippen molar-refractivity contribution in [3.05, 3.63) is 0 Å². The Labute approximate surface area is 109 Å². The fourth-order valence-corrected chi connectivity index (χ4v) is 2.59. The van der Waals surface area contributed by atoms with Crippen LogP contribution in [0.25, 0.3) is 0 Å². The molecule has 0 spiro atoms. The predicted octanol–water partition coefficient (Wildman–Crippen LogP) is 1.22. The molecule has 0 radical (unpaired) electrons. The number of likely N-dealkylation sites (tertiary alicyclic amines) is 1. The zero-order chi connectivity index (χ0) is 13.4. The molecule has 1 rings (SSSR count). The largest absolute Gasteiger partial charge is 0.453 e. The fourth-order valence-electron chi connectivity index (χ4n) is 2.59. The first-order valence-electron chi connectivity index (χ1n) is 6.87. The fraction of sp³-hybridized carbons (Fsp3) is 0.923. The first-order valence-corrected chi connectivity index (χ1v) is 6.87. The smallest absolute Gasteiger partial charge is 0.407 e. The topological polar surface area (TPSA) is 61.8 Å². The average molecular weight is 258 g/mol. The van der Waals surface area contributed by atoms with Crippen molar-refractivity contribution in [2.24, 2.45) is 5.92 Å². The number of aliphatic hydroxyl groups excluding tert-OH is 1. The first kappa shape index (κ1) is 15.2. The van der Waals surface area contributed by atoms with Gasteiger partial charge in [0.15, 0.2) is 0 Å². The van der Waals surface area contributed by atoms with E-state index in [0.29, 0.717) is 5.92 Å². The summed E-state index contributed by atoms with van der Waals surface area (Å²) in [5, 5.41) is 11.9. The number of hydrogen-bond acceptors (Lipinski definition) is 4. The van der Waals surface area contributed by atoms with Crippen molar-refractivity contribution in [2.75, 3.05) is 33.4 Å². The maximum Gasteiger partial charge on any atom is 0.407 e. The van der Waals surface area contributed by atoms with E-state index < -0.39 is 0 Å². The van der Waals surface area contributed by atoms with Crippen molar-refractivity contribution in [3.8, 4) is 0 Å². The van der Waals surface area contributed by atoms with Crippen LogP contribution in [0, 0.1) is 5.92 Å². The second kappa shape index (κ2) is 8.32. The average Bonchev–Trinajstić information content (AvgIpc) is 2.36. The summed E-state index contributed by atoms with van der Waals surface area (Å²) in [4.78, 5) is 13.6. The molecule has 1 amide bonds. The highest BCUT2D eigenvalue weighted by molar-refractivity contribution is 5.67. The molecule has 2 unspecified atom stereocenters. The molecule has 0 aromatic rings. The van der Waals surface area contributed by atoms with Gasteiger partial charge in [-0.15, -0.1) is 0 Å². The lowest BCUT2D eigenvalue weighted by atomic mass is 9.91. The number of piperidine rings is 1. The summed E-state index contributed by atoms with van der Waals surface area (Å²) in [6, 6.07) is 0.139. The molecule has 0 aliphatic carbocycles. The molecule has 2 atom stereocenters. The van der Waals surface area contributed by atoms with E-state index in [2.05, 4.69) is 21.9 Å². The zero-order valence-electron chi connectivity index (χ0n) is 11.5. The van der Waals surface area contributed by atoms with Crippen LogP contribution in [0.15, 0.2) is 0 Å². The summed E-state index contributed by atoms with van der Waals surface area (Å²) in [5.74, 6) is 0.461. The molecular formula is C13H26N2O3. The second-order valence-corrected chi connectivity index (χ2v) is 5.06. The summed E-state index contributed by atoms with van der Waals surface area (Å²) >= 11 is 0. The van der Waals surface area contributed by atoms with Gasteiger partial charge >= 0.3 is 6.09 Å². The Bertz CT molecular complexity index is 248. The van der Waals surface area contributed by atoms with Crippen molar-refractivity contribution in [2.45, 2.75) is 38.6 Å². The number of methoxy groups -OCH3 is 1. The monoisotopic (exact) mass is 258 g/mol. The summed E-state index contributed by atoms with van der Waals surface area (Å²) in [6.45, 7) is 5.38. The summed E-state index contributed by atoms with van der Waals surface area (Å²) in [6.07, 6.45) is 3.73. The van der Waals surface area contributed by atoms with Crippen molar-refractivity contribution >= 4 is 6.09 Å². The maximum atomic E-state index is 11.3. The Balaban J connectivity index is 2.47.